The molecule has 9 heteroatoms. The molecule has 2 N–H and O–H groups in total. The van der Waals surface area contributed by atoms with Crippen LogP contribution in [-0.4, -0.2) is 31.7 Å². The topological polar surface area (TPSA) is 84.3 Å². The first-order valence-corrected chi connectivity index (χ1v) is 13.1. The quantitative estimate of drug-likeness (QED) is 0.279. The fraction of sp³-hybridized carbons (Fsp3) is 0.231. The summed E-state index contributed by atoms with van der Waals surface area (Å²) in [6.45, 7) is 4.25. The SMILES string of the molecule is CO[n+]1cccc(CCNC(=O)c2[nH]c3ccc(Cl)cc3c2P(=O)(OC)c2cc(C)cc(C)c2)c1. The van der Waals surface area contributed by atoms with Gasteiger partial charge in [-0.05, 0) is 56.7 Å². The Labute approximate surface area is 209 Å². The summed E-state index contributed by atoms with van der Waals surface area (Å²) in [6, 6.07) is 14.7. The number of aromatic amines is 1. The molecule has 1 amide bonds. The number of halogens is 1. The molecular formula is C26H28ClN3O4P+. The van der Waals surface area contributed by atoms with Crippen molar-refractivity contribution in [3.63, 3.8) is 0 Å². The third-order valence-electron chi connectivity index (χ3n) is 5.80. The molecular weight excluding hydrogens is 485 g/mol. The Hall–Kier alpha value is -3.12. The summed E-state index contributed by atoms with van der Waals surface area (Å²) >= 11 is 6.29. The van der Waals surface area contributed by atoms with Gasteiger partial charge in [0.15, 0.2) is 0 Å². The van der Waals surface area contributed by atoms with E-state index in [-0.39, 0.29) is 11.6 Å². The number of carbonyl (C=O) groups excluding carboxylic acids is 1. The number of fused-ring (bicyclic) bond motifs is 1. The Morgan fingerprint density at radius 3 is 2.54 bits per heavy atom. The molecule has 0 aliphatic heterocycles. The molecule has 0 fully saturated rings. The molecule has 0 spiro atoms. The summed E-state index contributed by atoms with van der Waals surface area (Å²) in [6.07, 6.45) is 4.23. The van der Waals surface area contributed by atoms with Crippen molar-refractivity contribution in [3.05, 3.63) is 88.3 Å². The summed E-state index contributed by atoms with van der Waals surface area (Å²) in [5.74, 6) is -0.371. The van der Waals surface area contributed by atoms with Gasteiger partial charge in [-0.25, -0.2) is 0 Å². The zero-order valence-corrected chi connectivity index (χ0v) is 21.7. The summed E-state index contributed by atoms with van der Waals surface area (Å²) in [5, 5.41) is 4.86. The third-order valence-corrected chi connectivity index (χ3v) is 8.55. The smallest absolute Gasteiger partial charge is 0.268 e. The summed E-state index contributed by atoms with van der Waals surface area (Å²) in [5.41, 5.74) is 3.76. The largest absolute Gasteiger partial charge is 0.350 e. The van der Waals surface area contributed by atoms with Crippen LogP contribution in [0.2, 0.25) is 5.02 Å². The predicted molar refractivity (Wildman–Crippen MR) is 138 cm³/mol. The van der Waals surface area contributed by atoms with E-state index in [0.29, 0.717) is 39.5 Å². The van der Waals surface area contributed by atoms with Crippen LogP contribution in [0.1, 0.15) is 27.2 Å². The number of benzene rings is 2. The minimum Gasteiger partial charge on any atom is -0.350 e. The molecule has 0 aliphatic rings. The van der Waals surface area contributed by atoms with Gasteiger partial charge in [0.05, 0.1) is 5.30 Å². The molecule has 0 saturated heterocycles. The van der Waals surface area contributed by atoms with Gasteiger partial charge in [0.1, 0.15) is 12.8 Å². The van der Waals surface area contributed by atoms with Crippen LogP contribution in [0.25, 0.3) is 10.9 Å². The Bertz CT molecular complexity index is 1430. The van der Waals surface area contributed by atoms with Gasteiger partial charge in [-0.15, -0.1) is 0 Å². The Morgan fingerprint density at radius 1 is 1.11 bits per heavy atom. The van der Waals surface area contributed by atoms with Crippen molar-refractivity contribution in [3.8, 4) is 0 Å². The van der Waals surface area contributed by atoms with Crippen LogP contribution in [0.4, 0.5) is 0 Å². The molecule has 2 heterocycles. The Morgan fingerprint density at radius 2 is 1.86 bits per heavy atom. The summed E-state index contributed by atoms with van der Waals surface area (Å²) < 4.78 is 21.8. The zero-order valence-electron chi connectivity index (χ0n) is 20.1. The van der Waals surface area contributed by atoms with Crippen LogP contribution in [-0.2, 0) is 15.5 Å². The van der Waals surface area contributed by atoms with Crippen LogP contribution in [0, 0.1) is 13.8 Å². The normalized spacial score (nSPS) is 12.9. The standard InChI is InChI=1S/C26H27ClN3O4P/c1-17-12-18(2)14-21(13-17)35(32,34-4)25-22-15-20(27)7-8-23(22)29-24(25)26(31)28-10-9-19-6-5-11-30(16-19)33-3/h5-8,11-16H,9-10H2,1-4H3,(H-,28,29,31,32)/p+1. The number of aryl methyl sites for hydroxylation is 2. The maximum Gasteiger partial charge on any atom is 0.268 e. The highest BCUT2D eigenvalue weighted by atomic mass is 35.5. The molecule has 4 rings (SSSR count). The first kappa shape index (κ1) is 25.0. The van der Waals surface area contributed by atoms with Gasteiger partial charge in [-0.3, -0.25) is 14.2 Å². The van der Waals surface area contributed by atoms with Crippen molar-refractivity contribution in [2.75, 3.05) is 20.8 Å². The van der Waals surface area contributed by atoms with Gasteiger partial charge < -0.3 is 14.8 Å². The molecule has 0 radical (unpaired) electrons. The van der Waals surface area contributed by atoms with Crippen molar-refractivity contribution in [2.45, 2.75) is 20.3 Å². The summed E-state index contributed by atoms with van der Waals surface area (Å²) in [4.78, 5) is 21.7. The number of aromatic nitrogens is 2. The minimum atomic E-state index is -3.64. The molecule has 2 aromatic carbocycles. The molecule has 35 heavy (non-hydrogen) atoms. The highest BCUT2D eigenvalue weighted by Gasteiger charge is 2.36. The van der Waals surface area contributed by atoms with Crippen LogP contribution in [0.15, 0.2) is 60.9 Å². The van der Waals surface area contributed by atoms with E-state index in [4.69, 9.17) is 21.0 Å². The number of carbonyl (C=O) groups is 1. The average Bonchev–Trinajstić information content (AvgIpc) is 3.22. The lowest BCUT2D eigenvalue weighted by molar-refractivity contribution is -0.885. The van der Waals surface area contributed by atoms with E-state index < -0.39 is 7.37 Å². The van der Waals surface area contributed by atoms with Gasteiger partial charge in [-0.1, -0.05) is 28.8 Å². The molecule has 2 aromatic heterocycles. The number of hydrogen-bond donors (Lipinski definition) is 2. The van der Waals surface area contributed by atoms with Crippen LogP contribution in [0.3, 0.4) is 0 Å². The van der Waals surface area contributed by atoms with Crippen molar-refractivity contribution in [1.82, 2.24) is 10.3 Å². The van der Waals surface area contributed by atoms with E-state index in [0.717, 1.165) is 16.7 Å². The monoisotopic (exact) mass is 512 g/mol. The molecule has 1 atom stereocenters. The second kappa shape index (κ2) is 10.2. The van der Waals surface area contributed by atoms with Crippen molar-refractivity contribution in [2.24, 2.45) is 0 Å². The maximum atomic E-state index is 14.5. The average molecular weight is 513 g/mol. The second-order valence-corrected chi connectivity index (χ2v) is 11.2. The number of nitrogens with one attached hydrogen (secondary N) is 2. The van der Waals surface area contributed by atoms with Crippen LogP contribution < -0.4 is 25.5 Å². The zero-order chi connectivity index (χ0) is 25.2. The number of H-pyrrole nitrogens is 1. The van der Waals surface area contributed by atoms with Gasteiger partial charge in [0.2, 0.25) is 12.4 Å². The van der Waals surface area contributed by atoms with Crippen LogP contribution in [0.5, 0.6) is 0 Å². The van der Waals surface area contributed by atoms with E-state index in [1.165, 1.54) is 7.11 Å². The number of amides is 1. The molecule has 4 aromatic rings. The van der Waals surface area contributed by atoms with E-state index in [2.05, 4.69) is 10.3 Å². The van der Waals surface area contributed by atoms with Crippen molar-refractivity contribution < 1.29 is 23.5 Å². The Balaban J connectivity index is 1.74. The number of nitrogens with zero attached hydrogens (tertiary/aromatic N) is 1. The lowest BCUT2D eigenvalue weighted by Crippen LogP contribution is -2.40. The minimum absolute atomic E-state index is 0.201. The first-order valence-electron chi connectivity index (χ1n) is 11.1. The molecule has 182 valence electrons. The number of rotatable bonds is 8. The molecule has 7 nitrogen and oxygen atoms in total. The van der Waals surface area contributed by atoms with E-state index in [1.807, 2.05) is 50.4 Å². The first-order chi connectivity index (χ1) is 16.7. The second-order valence-electron chi connectivity index (χ2n) is 8.38. The number of hydrogen-bond acceptors (Lipinski definition) is 4. The van der Waals surface area contributed by atoms with Gasteiger partial charge in [0.25, 0.3) is 13.3 Å². The molecule has 0 bridgehead atoms. The Kier molecular flexibility index (Phi) is 7.31. The van der Waals surface area contributed by atoms with Gasteiger partial charge >= 0.3 is 0 Å². The van der Waals surface area contributed by atoms with Gasteiger partial charge in [-0.2, -0.15) is 0 Å². The lowest BCUT2D eigenvalue weighted by Gasteiger charge is -2.19. The highest BCUT2D eigenvalue weighted by molar-refractivity contribution is 7.75. The van der Waals surface area contributed by atoms with Crippen molar-refractivity contribution >= 4 is 46.4 Å². The van der Waals surface area contributed by atoms with E-state index >= 15 is 0 Å². The molecule has 0 saturated carbocycles. The fourth-order valence-corrected chi connectivity index (χ4v) is 6.76. The van der Waals surface area contributed by atoms with E-state index in [1.54, 1.807) is 36.2 Å². The fourth-order valence-electron chi connectivity index (χ4n) is 4.24. The van der Waals surface area contributed by atoms with Crippen molar-refractivity contribution in [1.29, 1.82) is 0 Å². The molecule has 1 unspecified atom stereocenters. The number of pyridine rings is 1. The van der Waals surface area contributed by atoms with Gasteiger partial charge in [0, 0.05) is 51.2 Å². The maximum absolute atomic E-state index is 14.5. The van der Waals surface area contributed by atoms with E-state index in [9.17, 15) is 9.36 Å². The lowest BCUT2D eigenvalue weighted by atomic mass is 10.2. The predicted octanol–water partition coefficient (Wildman–Crippen LogP) is 3.63. The van der Waals surface area contributed by atoms with Crippen LogP contribution >= 0.6 is 19.0 Å². The third kappa shape index (κ3) is 5.13. The highest BCUT2D eigenvalue weighted by Crippen LogP contribution is 2.47. The summed E-state index contributed by atoms with van der Waals surface area (Å²) in [7, 11) is -0.650. The molecule has 0 aliphatic carbocycles.